The first-order valence-corrected chi connectivity index (χ1v) is 11.3. The highest BCUT2D eigenvalue weighted by Gasteiger charge is 2.23. The number of benzene rings is 2. The van der Waals surface area contributed by atoms with E-state index >= 15 is 0 Å². The SMILES string of the molecule is Cc1cccc(NC(=O)N2CCN(Cc3nc4cc(C(=O)N(C)C)ccc4n3C)CC2)c1C. The molecule has 0 spiro atoms. The number of anilines is 1. The van der Waals surface area contributed by atoms with Crippen LogP contribution >= 0.6 is 0 Å². The third-order valence-electron chi connectivity index (χ3n) is 6.50. The standard InChI is InChI=1S/C25H32N6O2/c1-17-7-6-8-20(18(17)2)27-25(33)31-13-11-30(12-14-31)16-23-26-21-15-19(24(32)28(3)4)9-10-22(21)29(23)5/h6-10,15H,11-14,16H2,1-5H3,(H,27,33). The van der Waals surface area contributed by atoms with E-state index in [1.165, 1.54) is 5.56 Å². The molecule has 4 rings (SSSR count). The molecule has 1 saturated heterocycles. The second-order valence-corrected chi connectivity index (χ2v) is 8.93. The van der Waals surface area contributed by atoms with Crippen molar-refractivity contribution < 1.29 is 9.59 Å². The van der Waals surface area contributed by atoms with Crippen LogP contribution in [-0.4, -0.2) is 76.5 Å². The lowest BCUT2D eigenvalue weighted by Crippen LogP contribution is -2.49. The van der Waals surface area contributed by atoms with Crippen LogP contribution in [0.4, 0.5) is 10.5 Å². The highest BCUT2D eigenvalue weighted by molar-refractivity contribution is 5.97. The smallest absolute Gasteiger partial charge is 0.321 e. The minimum absolute atomic E-state index is 0.0284. The first-order valence-electron chi connectivity index (χ1n) is 11.3. The number of amides is 3. The van der Waals surface area contributed by atoms with Gasteiger partial charge in [0.25, 0.3) is 5.91 Å². The summed E-state index contributed by atoms with van der Waals surface area (Å²) < 4.78 is 2.08. The number of aromatic nitrogens is 2. The summed E-state index contributed by atoms with van der Waals surface area (Å²) in [6.45, 7) is 7.69. The van der Waals surface area contributed by atoms with Crippen molar-refractivity contribution in [1.29, 1.82) is 0 Å². The predicted octanol–water partition coefficient (Wildman–Crippen LogP) is 3.24. The van der Waals surface area contributed by atoms with E-state index in [2.05, 4.69) is 14.8 Å². The van der Waals surface area contributed by atoms with Gasteiger partial charge in [-0.25, -0.2) is 9.78 Å². The maximum absolute atomic E-state index is 12.8. The van der Waals surface area contributed by atoms with Crippen LogP contribution in [0, 0.1) is 13.8 Å². The number of nitrogens with zero attached hydrogens (tertiary/aromatic N) is 5. The van der Waals surface area contributed by atoms with Crippen molar-refractivity contribution in [3.63, 3.8) is 0 Å². The van der Waals surface area contributed by atoms with Gasteiger partial charge < -0.3 is 19.7 Å². The topological polar surface area (TPSA) is 73.7 Å². The molecule has 0 atom stereocenters. The van der Waals surface area contributed by atoms with Crippen molar-refractivity contribution in [1.82, 2.24) is 24.3 Å². The first kappa shape index (κ1) is 22.8. The largest absolute Gasteiger partial charge is 0.345 e. The molecule has 3 aromatic rings. The zero-order chi connectivity index (χ0) is 23.7. The number of nitrogens with one attached hydrogen (secondary N) is 1. The van der Waals surface area contributed by atoms with Gasteiger partial charge in [0.05, 0.1) is 17.6 Å². The second-order valence-electron chi connectivity index (χ2n) is 8.93. The summed E-state index contributed by atoms with van der Waals surface area (Å²) in [6, 6.07) is 11.6. The fourth-order valence-electron chi connectivity index (χ4n) is 4.17. The summed E-state index contributed by atoms with van der Waals surface area (Å²) >= 11 is 0. The van der Waals surface area contributed by atoms with Crippen LogP contribution in [0.25, 0.3) is 11.0 Å². The van der Waals surface area contributed by atoms with Crippen LogP contribution in [0.3, 0.4) is 0 Å². The third-order valence-corrected chi connectivity index (χ3v) is 6.50. The number of hydrogen-bond donors (Lipinski definition) is 1. The zero-order valence-electron chi connectivity index (χ0n) is 20.1. The Labute approximate surface area is 194 Å². The Kier molecular flexibility index (Phi) is 6.37. The molecule has 33 heavy (non-hydrogen) atoms. The molecule has 0 radical (unpaired) electrons. The molecule has 0 aliphatic carbocycles. The molecule has 0 bridgehead atoms. The second kappa shape index (κ2) is 9.23. The Morgan fingerprint density at radius 3 is 2.48 bits per heavy atom. The summed E-state index contributed by atoms with van der Waals surface area (Å²) in [4.78, 5) is 35.6. The molecular weight excluding hydrogens is 416 g/mol. The summed E-state index contributed by atoms with van der Waals surface area (Å²) in [5.74, 6) is 0.923. The summed E-state index contributed by atoms with van der Waals surface area (Å²) in [5, 5.41) is 3.06. The van der Waals surface area contributed by atoms with E-state index in [1.54, 1.807) is 19.0 Å². The van der Waals surface area contributed by atoms with E-state index in [0.717, 1.165) is 41.2 Å². The van der Waals surface area contributed by atoms with Gasteiger partial charge in [0.2, 0.25) is 0 Å². The van der Waals surface area contributed by atoms with Crippen molar-refractivity contribution in [3.8, 4) is 0 Å². The first-order chi connectivity index (χ1) is 15.7. The number of fused-ring (bicyclic) bond motifs is 1. The normalized spacial score (nSPS) is 14.5. The van der Waals surface area contributed by atoms with Crippen molar-refractivity contribution in [2.75, 3.05) is 45.6 Å². The van der Waals surface area contributed by atoms with Gasteiger partial charge in [-0.05, 0) is 49.2 Å². The number of imidazole rings is 1. The van der Waals surface area contributed by atoms with Gasteiger partial charge in [0, 0.05) is 58.6 Å². The van der Waals surface area contributed by atoms with E-state index in [0.29, 0.717) is 25.2 Å². The molecule has 8 heteroatoms. The Hall–Kier alpha value is -3.39. The summed E-state index contributed by atoms with van der Waals surface area (Å²) in [6.07, 6.45) is 0. The van der Waals surface area contributed by atoms with E-state index < -0.39 is 0 Å². The average Bonchev–Trinajstić information content (AvgIpc) is 3.11. The summed E-state index contributed by atoms with van der Waals surface area (Å²) in [5.41, 5.74) is 5.61. The predicted molar refractivity (Wildman–Crippen MR) is 131 cm³/mol. The van der Waals surface area contributed by atoms with E-state index in [1.807, 2.05) is 62.2 Å². The van der Waals surface area contributed by atoms with Crippen molar-refractivity contribution in [2.24, 2.45) is 7.05 Å². The van der Waals surface area contributed by atoms with Gasteiger partial charge in [0.1, 0.15) is 5.82 Å². The summed E-state index contributed by atoms with van der Waals surface area (Å²) in [7, 11) is 5.50. The number of hydrogen-bond acceptors (Lipinski definition) is 4. The van der Waals surface area contributed by atoms with Crippen LogP contribution < -0.4 is 5.32 Å². The van der Waals surface area contributed by atoms with Crippen molar-refractivity contribution in [3.05, 3.63) is 58.9 Å². The molecule has 1 fully saturated rings. The van der Waals surface area contributed by atoms with Gasteiger partial charge in [-0.15, -0.1) is 0 Å². The molecule has 3 amide bonds. The molecule has 8 nitrogen and oxygen atoms in total. The quantitative estimate of drug-likeness (QED) is 0.665. The Morgan fingerprint density at radius 2 is 1.79 bits per heavy atom. The highest BCUT2D eigenvalue weighted by atomic mass is 16.2. The lowest BCUT2D eigenvalue weighted by Gasteiger charge is -2.34. The highest BCUT2D eigenvalue weighted by Crippen LogP contribution is 2.21. The molecule has 1 N–H and O–H groups in total. The van der Waals surface area contributed by atoms with E-state index in [4.69, 9.17) is 4.98 Å². The van der Waals surface area contributed by atoms with E-state index in [9.17, 15) is 9.59 Å². The van der Waals surface area contributed by atoms with Crippen LogP contribution in [0.5, 0.6) is 0 Å². The number of carbonyl (C=O) groups is 2. The van der Waals surface area contributed by atoms with Crippen LogP contribution in [0.15, 0.2) is 36.4 Å². The van der Waals surface area contributed by atoms with Gasteiger partial charge >= 0.3 is 6.03 Å². The number of urea groups is 1. The lowest BCUT2D eigenvalue weighted by atomic mass is 10.1. The van der Waals surface area contributed by atoms with Gasteiger partial charge in [0.15, 0.2) is 0 Å². The lowest BCUT2D eigenvalue weighted by molar-refractivity contribution is 0.0827. The number of rotatable bonds is 4. The molecule has 0 saturated carbocycles. The molecule has 2 heterocycles. The Morgan fingerprint density at radius 1 is 1.06 bits per heavy atom. The van der Waals surface area contributed by atoms with Crippen LogP contribution in [0.1, 0.15) is 27.3 Å². The number of aryl methyl sites for hydroxylation is 2. The minimum Gasteiger partial charge on any atom is -0.345 e. The molecule has 1 aliphatic heterocycles. The van der Waals surface area contributed by atoms with Gasteiger partial charge in [-0.1, -0.05) is 12.1 Å². The molecule has 1 aromatic heterocycles. The third kappa shape index (κ3) is 4.71. The van der Waals surface area contributed by atoms with Gasteiger partial charge in [-0.2, -0.15) is 0 Å². The molecule has 2 aromatic carbocycles. The Balaban J connectivity index is 1.38. The Bertz CT molecular complexity index is 1190. The molecule has 174 valence electrons. The maximum atomic E-state index is 12.8. The maximum Gasteiger partial charge on any atom is 0.321 e. The monoisotopic (exact) mass is 448 g/mol. The van der Waals surface area contributed by atoms with Crippen molar-refractivity contribution in [2.45, 2.75) is 20.4 Å². The van der Waals surface area contributed by atoms with Crippen LogP contribution in [0.2, 0.25) is 0 Å². The van der Waals surface area contributed by atoms with Gasteiger partial charge in [-0.3, -0.25) is 9.69 Å². The average molecular weight is 449 g/mol. The minimum atomic E-state index is -0.0517. The zero-order valence-corrected chi connectivity index (χ0v) is 20.1. The number of piperazine rings is 1. The van der Waals surface area contributed by atoms with Crippen LogP contribution in [-0.2, 0) is 13.6 Å². The molecular formula is C25H32N6O2. The fraction of sp³-hybridized carbons (Fsp3) is 0.400. The van der Waals surface area contributed by atoms with Crippen molar-refractivity contribution >= 4 is 28.7 Å². The molecule has 1 aliphatic rings. The number of carbonyl (C=O) groups excluding carboxylic acids is 2. The van der Waals surface area contributed by atoms with E-state index in [-0.39, 0.29) is 11.9 Å². The fourth-order valence-corrected chi connectivity index (χ4v) is 4.17. The molecule has 0 unspecified atom stereocenters.